The Balaban J connectivity index is 1.05. The number of hydrogen-bond donors (Lipinski definition) is 20. The Morgan fingerprint density at radius 1 is 0.557 bits per heavy atom. The Hall–Kier alpha value is -11.9. The smallest absolute Gasteiger partial charge is 0.337 e. The molecule has 0 aliphatic carbocycles. The standard InChI is InChI=1S/C83H88Cl2N8O29/c1-33(2)10-8-6-5-7-9-11-56(99)88-65-68(102)70(104)73(81(114)115-4)122-82(65)121-72-53-26-38-27-54(72)118-50-21-16-37(24-45(50)84)66(100)64-79(111)92-63(80(112)113)43-28-39(95)29-52(119-83-71(105)69(103)67(101)55(32-94)120-83)57(43)42-23-35(14-19-47(42)96)60(76(108)93-64)89-77(109)61(38)90-78(110)62-44-30-41(31-49(98)58(44)85)117-51-25-36(15-20-48(51)97)59(86-3)75(107)87-46(74(106)91-62)22-34-12-17-40(116-53)18-13-34/h12-21,23-31,33,46,55,59-71,73,82-83,86,94-98,100-105H,5-11,22,32H2,1-4H3,(H,87,107)(H,88,99)(H,89,109)(H,90,110)(H,91,106)(H,92,111)(H,93,108)(H,112,113)/t46-,55-,59+,60-,61-,62+,63-,64+,65-,66-,67-,68-,69+,70+,71+,73+,82-,83+/m1/s1. The second kappa shape index (κ2) is 37.2. The molecule has 8 aliphatic rings. The number of phenolic OH excluding ortho intramolecular Hbond substituents is 4. The van der Waals surface area contributed by atoms with Crippen LogP contribution in [0.1, 0.15) is 134 Å². The van der Waals surface area contributed by atoms with Gasteiger partial charge in [0.05, 0.1) is 23.8 Å². The number of esters is 1. The molecule has 39 heteroatoms. The van der Waals surface area contributed by atoms with Crippen molar-refractivity contribution in [3.8, 4) is 80.1 Å². The lowest BCUT2D eigenvalue weighted by molar-refractivity contribution is -0.277. The lowest BCUT2D eigenvalue weighted by Gasteiger charge is -2.41. The molecule has 0 aromatic heterocycles. The van der Waals surface area contributed by atoms with Gasteiger partial charge >= 0.3 is 11.9 Å². The number of carboxylic acid groups (broad SMARTS) is 1. The van der Waals surface area contributed by atoms with Crippen LogP contribution in [-0.4, -0.2) is 209 Å². The Bertz CT molecular complexity index is 5200. The molecular formula is C83H88Cl2N8O29. The number of nitrogens with one attached hydrogen (secondary N) is 8. The van der Waals surface area contributed by atoms with E-state index >= 15 is 24.0 Å². The SMILES string of the molecule is CN[C@@H]1C(=O)N[C@@H]2Cc3ccc(cc3)Oc3cc4cc(c3O[C@@H]3O[C@H](C(=O)OC)[C@@H](O)[C@H](O)[C@H]3NC(=O)CCCCCCCC(C)C)Oc3ccc(cc3Cl)[C@@H](O)[C@@H]3NC(=O)[C@H](NC(=O)[C@@H]4NC(=O)[C@@H](NC2=O)c2cc(cc(O)c2Cl)Oc2cc1ccc2O)c1ccc(O)c(c1)-c1c(O[C@H]2O[C@H](CO)[C@@H](O)[C@H](O)[C@@H]2O)cc(O)cc1[C@H](C(=O)O)NC3=O. The van der Waals surface area contributed by atoms with Gasteiger partial charge in [0.1, 0.15) is 125 Å². The van der Waals surface area contributed by atoms with Crippen molar-refractivity contribution >= 4 is 76.5 Å². The molecule has 7 amide bonds. The molecule has 20 N–H and O–H groups in total. The van der Waals surface area contributed by atoms with Crippen LogP contribution in [0, 0.1) is 5.92 Å². The van der Waals surface area contributed by atoms with Gasteiger partial charge < -0.3 is 142 Å². The Labute approximate surface area is 704 Å². The topological polar surface area (TPSA) is 566 Å². The van der Waals surface area contributed by atoms with Crippen molar-refractivity contribution in [1.29, 1.82) is 0 Å². The number of likely N-dealkylation sites (N-methyl/N-ethyl adjacent to an activating group) is 1. The van der Waals surface area contributed by atoms with Gasteiger partial charge in [0.25, 0.3) is 0 Å². The monoisotopic (exact) mass is 1730 g/mol. The third-order valence-electron chi connectivity index (χ3n) is 21.6. The average molecular weight is 1730 g/mol. The van der Waals surface area contributed by atoms with Crippen molar-refractivity contribution in [3.63, 3.8) is 0 Å². The number of amides is 7. The van der Waals surface area contributed by atoms with Gasteiger partial charge in [0, 0.05) is 47.2 Å². The number of unbranched alkanes of at least 4 members (excludes halogenated alkanes) is 4. The molecule has 0 radical (unpaired) electrons. The zero-order valence-electron chi connectivity index (χ0n) is 65.4. The lowest BCUT2D eigenvalue weighted by Crippen LogP contribution is -2.66. The highest BCUT2D eigenvalue weighted by Gasteiger charge is 2.52. The van der Waals surface area contributed by atoms with E-state index in [1.54, 1.807) is 0 Å². The van der Waals surface area contributed by atoms with Gasteiger partial charge in [-0.3, -0.25) is 33.6 Å². The van der Waals surface area contributed by atoms with Crippen LogP contribution in [0.3, 0.4) is 0 Å². The molecule has 0 spiro atoms. The summed E-state index contributed by atoms with van der Waals surface area (Å²) in [5.74, 6) is -18.2. The van der Waals surface area contributed by atoms with Gasteiger partial charge in [-0.15, -0.1) is 0 Å². The second-order valence-electron chi connectivity index (χ2n) is 30.4. The van der Waals surface area contributed by atoms with Gasteiger partial charge in [-0.25, -0.2) is 9.59 Å². The molecule has 2 fully saturated rings. The van der Waals surface area contributed by atoms with E-state index in [1.165, 1.54) is 49.5 Å². The third kappa shape index (κ3) is 18.8. The van der Waals surface area contributed by atoms with Crippen molar-refractivity contribution < 1.29 is 142 Å². The number of hydrogen-bond acceptors (Lipinski definition) is 29. The number of fused-ring (bicyclic) bond motifs is 14. The maximum absolute atomic E-state index is 16.7. The highest BCUT2D eigenvalue weighted by atomic mass is 35.5. The summed E-state index contributed by atoms with van der Waals surface area (Å²) >= 11 is 14.2. The predicted molar refractivity (Wildman–Crippen MR) is 423 cm³/mol. The van der Waals surface area contributed by atoms with Crippen LogP contribution in [0.15, 0.2) is 115 Å². The minimum absolute atomic E-state index is 0.129. The number of halogens is 2. The number of rotatable bonds is 17. The number of aliphatic hydroxyl groups excluding tert-OH is 7. The van der Waals surface area contributed by atoms with Crippen LogP contribution < -0.4 is 66.2 Å². The quantitative estimate of drug-likeness (QED) is 0.0454. The van der Waals surface area contributed by atoms with E-state index in [0.29, 0.717) is 24.3 Å². The predicted octanol–water partition coefficient (Wildman–Crippen LogP) is 3.88. The summed E-state index contributed by atoms with van der Waals surface area (Å²) in [5.41, 5.74) is -3.20. The van der Waals surface area contributed by atoms with Gasteiger partial charge in [-0.1, -0.05) is 99.5 Å². The number of benzene rings is 7. The zero-order chi connectivity index (χ0) is 87.6. The Morgan fingerprint density at radius 3 is 1.90 bits per heavy atom. The maximum atomic E-state index is 16.7. The van der Waals surface area contributed by atoms with Gasteiger partial charge in [-0.05, 0) is 120 Å². The molecule has 8 aliphatic heterocycles. The van der Waals surface area contributed by atoms with Crippen molar-refractivity contribution in [2.24, 2.45) is 5.92 Å². The fourth-order valence-electron chi connectivity index (χ4n) is 15.1. The number of carbonyl (C=O) groups excluding carboxylic acids is 8. The van der Waals surface area contributed by atoms with Crippen molar-refractivity contribution in [3.05, 3.63) is 164 Å². The number of aliphatic carboxylic acids is 1. The molecule has 15 rings (SSSR count). The Kier molecular flexibility index (Phi) is 26.8. The molecule has 7 aromatic carbocycles. The summed E-state index contributed by atoms with van der Waals surface area (Å²) in [6.45, 7) is 3.23. The molecular weight excluding hydrogens is 1640 g/mol. The first-order valence-corrected chi connectivity index (χ1v) is 39.6. The molecule has 37 nitrogen and oxygen atoms in total. The summed E-state index contributed by atoms with van der Waals surface area (Å²) in [5, 5.41) is 157. The normalized spacial score (nSPS) is 26.5. The number of aromatic hydroxyl groups is 4. The van der Waals surface area contributed by atoms with Crippen LogP contribution in [-0.2, 0) is 63.8 Å². The molecule has 18 atom stereocenters. The highest BCUT2D eigenvalue weighted by Crippen LogP contribution is 2.50. The number of carboxylic acids is 1. The maximum Gasteiger partial charge on any atom is 0.337 e. The fraction of sp³-hybridized carbons (Fsp3) is 0.386. The first-order chi connectivity index (χ1) is 58.2. The van der Waals surface area contributed by atoms with Crippen LogP contribution in [0.25, 0.3) is 11.1 Å². The number of methoxy groups -OCH3 is 1. The summed E-state index contributed by atoms with van der Waals surface area (Å²) in [4.78, 5) is 136. The van der Waals surface area contributed by atoms with Crippen molar-refractivity contribution in [2.45, 2.75) is 175 Å². The van der Waals surface area contributed by atoms with E-state index in [9.17, 15) is 80.5 Å². The zero-order valence-corrected chi connectivity index (χ0v) is 66.9. The van der Waals surface area contributed by atoms with E-state index in [1.807, 2.05) is 0 Å². The largest absolute Gasteiger partial charge is 0.508 e. The number of aliphatic hydroxyl groups is 7. The highest BCUT2D eigenvalue weighted by molar-refractivity contribution is 6.33. The van der Waals surface area contributed by atoms with Crippen LogP contribution >= 0.6 is 23.2 Å². The van der Waals surface area contributed by atoms with Crippen LogP contribution in [0.2, 0.25) is 10.0 Å². The van der Waals surface area contributed by atoms with Crippen LogP contribution in [0.4, 0.5) is 0 Å². The lowest BCUT2D eigenvalue weighted by atomic mass is 9.89. The molecule has 122 heavy (non-hydrogen) atoms. The number of ether oxygens (including phenoxy) is 8. The van der Waals surface area contributed by atoms with Crippen molar-refractivity contribution in [1.82, 2.24) is 42.5 Å². The van der Waals surface area contributed by atoms with Crippen molar-refractivity contribution in [2.75, 3.05) is 20.8 Å². The minimum atomic E-state index is -2.45. The van der Waals surface area contributed by atoms with E-state index in [-0.39, 0.29) is 34.8 Å². The first kappa shape index (κ1) is 88.0. The van der Waals surface area contributed by atoms with Crippen LogP contribution in [0.5, 0.6) is 69.0 Å². The molecule has 7 aromatic rings. The average Bonchev–Trinajstić information content (AvgIpc) is 0.757. The van der Waals surface area contributed by atoms with Gasteiger partial charge in [-0.2, -0.15) is 0 Å². The van der Waals surface area contributed by atoms with E-state index in [4.69, 9.17) is 61.1 Å². The Morgan fingerprint density at radius 2 is 1.20 bits per heavy atom. The number of carbonyl (C=O) groups is 9. The molecule has 0 saturated carbocycles. The number of phenols is 4. The van der Waals surface area contributed by atoms with E-state index in [2.05, 4.69) is 56.4 Å². The molecule has 2 saturated heterocycles. The fourth-order valence-corrected chi connectivity index (χ4v) is 15.6. The molecule has 17 bridgehead atoms. The molecule has 0 unspecified atom stereocenters. The summed E-state index contributed by atoms with van der Waals surface area (Å²) in [6.07, 6.45) is -16.8. The minimum Gasteiger partial charge on any atom is -0.508 e. The summed E-state index contributed by atoms with van der Waals surface area (Å²) < 4.78 is 49.4. The van der Waals surface area contributed by atoms with Gasteiger partial charge in [0.2, 0.25) is 59.7 Å². The molecule has 648 valence electrons. The molecule has 8 heterocycles. The summed E-state index contributed by atoms with van der Waals surface area (Å²) in [7, 11) is 2.38. The third-order valence-corrected chi connectivity index (χ3v) is 22.3. The van der Waals surface area contributed by atoms with Gasteiger partial charge in [0.15, 0.2) is 35.1 Å². The summed E-state index contributed by atoms with van der Waals surface area (Å²) in [6, 6.07) is 4.78. The second-order valence-corrected chi connectivity index (χ2v) is 31.2. The first-order valence-electron chi connectivity index (χ1n) is 38.8. The van der Waals surface area contributed by atoms with E-state index < -0.39 is 271 Å². The van der Waals surface area contributed by atoms with E-state index in [0.717, 1.165) is 106 Å².